The fourth-order valence-corrected chi connectivity index (χ4v) is 4.34. The van der Waals surface area contributed by atoms with E-state index in [1.165, 1.54) is 22.8 Å². The first-order valence-corrected chi connectivity index (χ1v) is 8.29. The first-order valence-electron chi connectivity index (χ1n) is 8.29. The predicted molar refractivity (Wildman–Crippen MR) is 88.7 cm³/mol. The van der Waals surface area contributed by atoms with E-state index in [4.69, 9.17) is 0 Å². The molecular weight excluding hydrogens is 272 g/mol. The minimum Gasteiger partial charge on any atom is -0.390 e. The van der Waals surface area contributed by atoms with Gasteiger partial charge in [0.25, 0.3) is 0 Å². The highest BCUT2D eigenvalue weighted by atomic mass is 16.3. The van der Waals surface area contributed by atoms with Crippen LogP contribution in [0.15, 0.2) is 54.1 Å². The van der Waals surface area contributed by atoms with Crippen molar-refractivity contribution in [1.29, 1.82) is 0 Å². The van der Waals surface area contributed by atoms with Crippen LogP contribution in [0.3, 0.4) is 0 Å². The molecule has 2 nitrogen and oxygen atoms in total. The van der Waals surface area contributed by atoms with E-state index in [2.05, 4.69) is 36.4 Å². The van der Waals surface area contributed by atoms with Gasteiger partial charge in [0.05, 0.1) is 12.2 Å². The number of hydrogen-bond acceptors (Lipinski definition) is 2. The molecule has 0 amide bonds. The van der Waals surface area contributed by atoms with Crippen molar-refractivity contribution in [3.8, 4) is 0 Å². The molecule has 2 N–H and O–H groups in total. The molecule has 4 atom stereocenters. The summed E-state index contributed by atoms with van der Waals surface area (Å²) in [4.78, 5) is 0. The summed E-state index contributed by atoms with van der Waals surface area (Å²) in [7, 11) is 0. The maximum atomic E-state index is 10.7. The quantitative estimate of drug-likeness (QED) is 0.786. The lowest BCUT2D eigenvalue weighted by molar-refractivity contribution is -0.0220. The van der Waals surface area contributed by atoms with Crippen LogP contribution in [0.25, 0.3) is 10.8 Å². The van der Waals surface area contributed by atoms with Crippen molar-refractivity contribution in [2.24, 2.45) is 5.92 Å². The second-order valence-electron chi connectivity index (χ2n) is 6.67. The van der Waals surface area contributed by atoms with Crippen LogP contribution in [-0.2, 0) is 0 Å². The summed E-state index contributed by atoms with van der Waals surface area (Å²) in [5, 5.41) is 23.4. The molecule has 114 valence electrons. The third kappa shape index (κ3) is 2.18. The maximum Gasteiger partial charge on any atom is 0.0905 e. The van der Waals surface area contributed by atoms with Gasteiger partial charge in [0.2, 0.25) is 0 Å². The van der Waals surface area contributed by atoms with Gasteiger partial charge in [0, 0.05) is 5.92 Å². The maximum absolute atomic E-state index is 10.7. The van der Waals surface area contributed by atoms with E-state index in [-0.39, 0.29) is 5.92 Å². The Morgan fingerprint density at radius 3 is 2.68 bits per heavy atom. The van der Waals surface area contributed by atoms with E-state index >= 15 is 0 Å². The molecule has 0 aromatic heterocycles. The highest BCUT2D eigenvalue weighted by molar-refractivity contribution is 5.86. The summed E-state index contributed by atoms with van der Waals surface area (Å²) in [5.74, 6) is 0.358. The third-order valence-corrected chi connectivity index (χ3v) is 5.39. The summed E-state index contributed by atoms with van der Waals surface area (Å²) in [6.45, 7) is 0. The Morgan fingerprint density at radius 2 is 1.77 bits per heavy atom. The van der Waals surface area contributed by atoms with Crippen LogP contribution in [-0.4, -0.2) is 22.4 Å². The third-order valence-electron chi connectivity index (χ3n) is 5.39. The van der Waals surface area contributed by atoms with E-state index < -0.39 is 12.2 Å². The highest BCUT2D eigenvalue weighted by Gasteiger charge is 2.41. The summed E-state index contributed by atoms with van der Waals surface area (Å²) >= 11 is 0. The summed E-state index contributed by atoms with van der Waals surface area (Å²) in [6, 6.07) is 14.6. The molecule has 0 radical (unpaired) electrons. The molecule has 1 fully saturated rings. The second-order valence-corrected chi connectivity index (χ2v) is 6.67. The monoisotopic (exact) mass is 294 g/mol. The van der Waals surface area contributed by atoms with E-state index in [1.54, 1.807) is 0 Å². The molecule has 1 saturated carbocycles. The number of aliphatic hydroxyl groups excluding tert-OH is 2. The van der Waals surface area contributed by atoms with Gasteiger partial charge >= 0.3 is 0 Å². The zero-order valence-corrected chi connectivity index (χ0v) is 12.7. The fraction of sp³-hybridized carbons (Fsp3) is 0.400. The minimum atomic E-state index is -0.702. The average molecular weight is 294 g/mol. The number of fused-ring (bicyclic) bond motifs is 2. The van der Waals surface area contributed by atoms with Crippen LogP contribution in [0, 0.1) is 5.92 Å². The van der Waals surface area contributed by atoms with Gasteiger partial charge in [-0.2, -0.15) is 0 Å². The van der Waals surface area contributed by atoms with E-state index in [0.717, 1.165) is 18.4 Å². The second kappa shape index (κ2) is 5.53. The normalized spacial score (nSPS) is 31.6. The van der Waals surface area contributed by atoms with Gasteiger partial charge in [-0.25, -0.2) is 0 Å². The molecule has 22 heavy (non-hydrogen) atoms. The Kier molecular flexibility index (Phi) is 3.51. The number of benzene rings is 2. The zero-order chi connectivity index (χ0) is 15.1. The first-order chi connectivity index (χ1) is 10.8. The number of rotatable bonds is 1. The van der Waals surface area contributed by atoms with Gasteiger partial charge in [0.15, 0.2) is 0 Å². The molecule has 2 aliphatic carbocycles. The molecule has 0 heterocycles. The average Bonchev–Trinajstić information content (AvgIpc) is 2.56. The standard InChI is InChI=1S/C20H22O2/c21-18-12-14-7-2-4-10-16(14)19(20(18)22)17-11-5-8-13-6-1-3-9-15(13)17/h1,3,5-6,8-11,14,18-22H,2,4,7,12H2. The lowest BCUT2D eigenvalue weighted by atomic mass is 9.66. The fourth-order valence-electron chi connectivity index (χ4n) is 4.34. The van der Waals surface area contributed by atoms with Crippen molar-refractivity contribution in [3.05, 3.63) is 59.7 Å². The predicted octanol–water partition coefficient (Wildman–Crippen LogP) is 3.78. The molecule has 0 saturated heterocycles. The zero-order valence-electron chi connectivity index (χ0n) is 12.7. The largest absolute Gasteiger partial charge is 0.390 e. The molecule has 2 aromatic rings. The van der Waals surface area contributed by atoms with Crippen LogP contribution >= 0.6 is 0 Å². The lowest BCUT2D eigenvalue weighted by Crippen LogP contribution is -2.42. The van der Waals surface area contributed by atoms with Gasteiger partial charge in [0.1, 0.15) is 0 Å². The van der Waals surface area contributed by atoms with Crippen molar-refractivity contribution in [2.45, 2.75) is 43.8 Å². The molecule has 0 spiro atoms. The van der Waals surface area contributed by atoms with Gasteiger partial charge in [-0.05, 0) is 47.9 Å². The minimum absolute atomic E-state index is 0.0693. The van der Waals surface area contributed by atoms with Gasteiger partial charge < -0.3 is 10.2 Å². The van der Waals surface area contributed by atoms with Gasteiger partial charge in [-0.3, -0.25) is 0 Å². The van der Waals surface area contributed by atoms with Gasteiger partial charge in [-0.1, -0.05) is 54.1 Å². The van der Waals surface area contributed by atoms with E-state index in [1.807, 2.05) is 12.1 Å². The first kappa shape index (κ1) is 14.0. The van der Waals surface area contributed by atoms with Crippen LogP contribution in [0.5, 0.6) is 0 Å². The van der Waals surface area contributed by atoms with Crippen molar-refractivity contribution in [3.63, 3.8) is 0 Å². The van der Waals surface area contributed by atoms with Gasteiger partial charge in [-0.15, -0.1) is 0 Å². The molecule has 4 rings (SSSR count). The Balaban J connectivity index is 1.88. The van der Waals surface area contributed by atoms with Crippen LogP contribution in [0.2, 0.25) is 0 Å². The van der Waals surface area contributed by atoms with E-state index in [9.17, 15) is 10.2 Å². The molecule has 0 bridgehead atoms. The Hall–Kier alpha value is -1.64. The van der Waals surface area contributed by atoms with Crippen molar-refractivity contribution < 1.29 is 10.2 Å². The van der Waals surface area contributed by atoms with Crippen LogP contribution in [0.4, 0.5) is 0 Å². The Morgan fingerprint density at radius 1 is 0.955 bits per heavy atom. The molecule has 2 aromatic carbocycles. The number of aliphatic hydroxyl groups is 2. The van der Waals surface area contributed by atoms with Crippen LogP contribution < -0.4 is 0 Å². The molecule has 2 aliphatic rings. The van der Waals surface area contributed by atoms with Crippen molar-refractivity contribution in [2.75, 3.05) is 0 Å². The molecular formula is C20H22O2. The molecule has 2 heteroatoms. The van der Waals surface area contributed by atoms with Crippen LogP contribution in [0.1, 0.15) is 37.2 Å². The number of hydrogen-bond donors (Lipinski definition) is 2. The SMILES string of the molecule is OC1CC2CCCC=C2C(c2cccc3ccccc23)C1O. The Labute approximate surface area is 131 Å². The highest BCUT2D eigenvalue weighted by Crippen LogP contribution is 2.46. The Bertz CT molecular complexity index is 713. The molecule has 4 unspecified atom stereocenters. The van der Waals surface area contributed by atoms with Crippen molar-refractivity contribution in [1.82, 2.24) is 0 Å². The molecule has 0 aliphatic heterocycles. The van der Waals surface area contributed by atoms with Crippen molar-refractivity contribution >= 4 is 10.8 Å². The number of allylic oxidation sites excluding steroid dienone is 1. The summed E-state index contributed by atoms with van der Waals surface area (Å²) in [5.41, 5.74) is 2.50. The summed E-state index contributed by atoms with van der Waals surface area (Å²) < 4.78 is 0. The smallest absolute Gasteiger partial charge is 0.0905 e. The topological polar surface area (TPSA) is 40.5 Å². The summed E-state index contributed by atoms with van der Waals surface area (Å²) in [6.07, 6.45) is 5.12. The lowest BCUT2D eigenvalue weighted by Gasteiger charge is -2.42. The van der Waals surface area contributed by atoms with E-state index in [0.29, 0.717) is 12.3 Å².